The average Bonchev–Trinajstić information content (AvgIpc) is 1.58. The van der Waals surface area contributed by atoms with Crippen molar-refractivity contribution >= 4 is 64.9 Å². The number of thiazole rings is 2. The van der Waals surface area contributed by atoms with E-state index in [0.717, 1.165) is 107 Å². The summed E-state index contributed by atoms with van der Waals surface area (Å²) in [4.78, 5) is 29.9. The molecule has 0 N–H and O–H groups in total. The molecule has 20 aromatic rings. The molecule has 10 heteroatoms. The molecule has 2 radical (unpaired) electrons. The van der Waals surface area contributed by atoms with Crippen molar-refractivity contribution in [3.05, 3.63) is 417 Å². The topological polar surface area (TPSA) is 77.3 Å². The molecular formula is C118H86Ir2N6S2-4. The van der Waals surface area contributed by atoms with E-state index < -0.39 is 0 Å². The fourth-order valence-electron chi connectivity index (χ4n) is 21.0. The maximum absolute atomic E-state index is 5.14. The molecule has 6 aliphatic rings. The van der Waals surface area contributed by atoms with Gasteiger partial charge in [0.05, 0.1) is 45.1 Å². The van der Waals surface area contributed by atoms with Crippen molar-refractivity contribution in [2.75, 3.05) is 0 Å². The zero-order chi connectivity index (χ0) is 85.2. The summed E-state index contributed by atoms with van der Waals surface area (Å²) in [6.07, 6.45) is 3.05. The van der Waals surface area contributed by atoms with Crippen LogP contribution < -0.4 is 0 Å². The molecule has 0 spiro atoms. The number of benzene rings is 16. The molecule has 0 atom stereocenters. The van der Waals surface area contributed by atoms with E-state index in [4.69, 9.17) is 29.9 Å². The Balaban J connectivity index is 0.000000103. The maximum atomic E-state index is 5.14. The van der Waals surface area contributed by atoms with E-state index >= 15 is 0 Å². The second-order valence-electron chi connectivity index (χ2n) is 36.2. The monoisotopic (exact) mass is 2040 g/mol. The van der Waals surface area contributed by atoms with Crippen molar-refractivity contribution in [3.8, 4) is 133 Å². The standard InChI is InChI=1S/2C31H25N2.C29H20NS.C27H16NS.2Ir/c2*1-19-10-9-11-20(2)28(19)29-24-13-6-8-15-27(24)32-30(33-29)21-16-17-23-22-12-5-7-14-25(22)31(3,4)26(23)18-21;1-29(2)24-8-4-3-7-20(24)23-16-22-19(15-25(23)29)13-17-11-12-18(14-21(17)22)28-30-26-9-5-6-10-27(26)31-28;1-2-6-21-16(5-1)11-19-13-20-12-17-9-10-18(14-22(17)24(20)15-23(19)21)27-28-25-7-3-4-8-26(25)29-27;;/h2*5-15,17-18H,1-4H3;3-11,14-16H,13H2,1-2H3;1-9,13-15H,11-12H2;;/q4*-1;;. The third kappa shape index (κ3) is 13.7. The number of nitrogens with zero attached hydrogens (tertiary/aromatic N) is 6. The van der Waals surface area contributed by atoms with Crippen LogP contribution in [0.25, 0.3) is 175 Å². The number of fused-ring (bicyclic) bond motifs is 22. The Morgan fingerprint density at radius 3 is 1.05 bits per heavy atom. The van der Waals surface area contributed by atoms with Crippen LogP contribution in [0.2, 0.25) is 0 Å². The second-order valence-corrected chi connectivity index (χ2v) is 38.2. The van der Waals surface area contributed by atoms with Crippen molar-refractivity contribution < 1.29 is 40.2 Å². The molecule has 0 amide bonds. The van der Waals surface area contributed by atoms with E-state index in [1.54, 1.807) is 22.7 Å². The smallest absolute Gasteiger partial charge is 0.0763 e. The summed E-state index contributed by atoms with van der Waals surface area (Å²) >= 11 is 3.49. The Kier molecular flexibility index (Phi) is 20.5. The predicted molar refractivity (Wildman–Crippen MR) is 523 cm³/mol. The zero-order valence-corrected chi connectivity index (χ0v) is 79.1. The molecule has 4 aromatic heterocycles. The summed E-state index contributed by atoms with van der Waals surface area (Å²) in [7, 11) is 0. The van der Waals surface area contributed by atoms with Gasteiger partial charge in [-0.05, 0) is 206 Å². The van der Waals surface area contributed by atoms with Crippen molar-refractivity contribution in [2.45, 2.75) is 105 Å². The number of aromatic nitrogens is 6. The summed E-state index contributed by atoms with van der Waals surface area (Å²) in [6, 6.07) is 123. The predicted octanol–water partition coefficient (Wildman–Crippen LogP) is 29.9. The second kappa shape index (κ2) is 31.9. The van der Waals surface area contributed by atoms with Crippen LogP contribution in [0.4, 0.5) is 0 Å². The molecule has 0 aliphatic heterocycles. The Hall–Kier alpha value is -12.7. The molecule has 622 valence electrons. The van der Waals surface area contributed by atoms with Crippen LogP contribution in [-0.4, -0.2) is 29.9 Å². The molecule has 16 aromatic carbocycles. The van der Waals surface area contributed by atoms with Crippen molar-refractivity contribution in [3.63, 3.8) is 0 Å². The quantitative estimate of drug-likeness (QED) is 0.154. The van der Waals surface area contributed by atoms with E-state index in [1.807, 2.05) is 24.3 Å². The summed E-state index contributed by atoms with van der Waals surface area (Å²) < 4.78 is 2.45. The molecular weight excluding hydrogens is 1950 g/mol. The van der Waals surface area contributed by atoms with Gasteiger partial charge in [-0.2, -0.15) is 22.7 Å². The Bertz CT molecular complexity index is 7650. The first-order valence-electron chi connectivity index (χ1n) is 43.7. The minimum absolute atomic E-state index is 0. The van der Waals surface area contributed by atoms with Gasteiger partial charge in [0, 0.05) is 86.9 Å². The van der Waals surface area contributed by atoms with E-state index in [0.29, 0.717) is 0 Å². The van der Waals surface area contributed by atoms with Gasteiger partial charge in [0.1, 0.15) is 0 Å². The van der Waals surface area contributed by atoms with Gasteiger partial charge in [0.15, 0.2) is 0 Å². The SMILES string of the molecule is CC1(C)c2ccccc2-c2cc3c(cc21)Cc1c[c-]c(-c2nc4ccccc4s2)cc1-3.Cc1cccc(C)c1-c1nc(-c2[c-]cc3c(c2)C(C)(C)c2ccccc2-3)nc2ccccc12.Cc1cccc(C)c1-c1nc(-c2[c-]cc3c(c2)C(C)(C)c2ccccc2-3)nc2ccccc12.[Ir].[Ir].[c-]1cc2c(cc1-c1nc3ccccc3s1)-c1cc3c(cc1C2)Cc1ccccc1-3. The van der Waals surface area contributed by atoms with Gasteiger partial charge in [0.25, 0.3) is 0 Å². The third-order valence-electron chi connectivity index (χ3n) is 27.4. The molecule has 6 aliphatic carbocycles. The minimum atomic E-state index is -0.0674. The molecule has 0 saturated carbocycles. The van der Waals surface area contributed by atoms with E-state index in [1.165, 1.54) is 176 Å². The zero-order valence-electron chi connectivity index (χ0n) is 72.7. The van der Waals surface area contributed by atoms with Gasteiger partial charge < -0.3 is 0 Å². The number of aryl methyl sites for hydroxylation is 4. The Morgan fingerprint density at radius 2 is 0.594 bits per heavy atom. The van der Waals surface area contributed by atoms with Crippen LogP contribution in [0.15, 0.2) is 303 Å². The van der Waals surface area contributed by atoms with Crippen molar-refractivity contribution in [2.24, 2.45) is 0 Å². The minimum Gasteiger partial charge on any atom is -0.285 e. The first-order valence-corrected chi connectivity index (χ1v) is 45.3. The van der Waals surface area contributed by atoms with Crippen LogP contribution >= 0.6 is 22.7 Å². The first kappa shape index (κ1) is 82.3. The fourth-order valence-corrected chi connectivity index (χ4v) is 22.9. The van der Waals surface area contributed by atoms with Gasteiger partial charge in [-0.15, -0.1) is 117 Å². The summed E-state index contributed by atoms with van der Waals surface area (Å²) in [5, 5.41) is 4.25. The van der Waals surface area contributed by atoms with Crippen LogP contribution in [0, 0.1) is 52.0 Å². The number of hydrogen-bond donors (Lipinski definition) is 0. The molecule has 0 unspecified atom stereocenters. The Morgan fingerprint density at radius 1 is 0.250 bits per heavy atom. The van der Waals surface area contributed by atoms with Crippen LogP contribution in [0.3, 0.4) is 0 Å². The van der Waals surface area contributed by atoms with Gasteiger partial charge >= 0.3 is 0 Å². The van der Waals surface area contributed by atoms with Gasteiger partial charge in [-0.3, -0.25) is 29.9 Å². The molecule has 128 heavy (non-hydrogen) atoms. The van der Waals surface area contributed by atoms with Gasteiger partial charge in [-0.25, -0.2) is 0 Å². The first-order chi connectivity index (χ1) is 61.3. The van der Waals surface area contributed by atoms with Crippen LogP contribution in [-0.2, 0) is 75.7 Å². The Labute approximate surface area is 782 Å². The number of rotatable bonds is 6. The van der Waals surface area contributed by atoms with Gasteiger partial charge in [-0.1, -0.05) is 281 Å². The largest absolute Gasteiger partial charge is 0.285 e. The molecule has 26 rings (SSSR count). The van der Waals surface area contributed by atoms with E-state index in [-0.39, 0.29) is 56.5 Å². The molecule has 0 fully saturated rings. The summed E-state index contributed by atoms with van der Waals surface area (Å²) in [5.74, 6) is 1.45. The molecule has 0 saturated heterocycles. The van der Waals surface area contributed by atoms with Crippen molar-refractivity contribution in [1.29, 1.82) is 0 Å². The normalized spacial score (nSPS) is 13.7. The summed E-state index contributed by atoms with van der Waals surface area (Å²) in [6.45, 7) is 22.5. The van der Waals surface area contributed by atoms with Crippen LogP contribution in [0.1, 0.15) is 131 Å². The number of para-hydroxylation sites is 4. The van der Waals surface area contributed by atoms with Crippen LogP contribution in [0.5, 0.6) is 0 Å². The maximum Gasteiger partial charge on any atom is 0.0763 e. The average molecular weight is 2040 g/mol. The van der Waals surface area contributed by atoms with Gasteiger partial charge in [0.2, 0.25) is 0 Å². The van der Waals surface area contributed by atoms with Crippen molar-refractivity contribution in [1.82, 2.24) is 29.9 Å². The summed E-state index contributed by atoms with van der Waals surface area (Å²) in [5.41, 5.74) is 50.2. The molecule has 6 nitrogen and oxygen atoms in total. The molecule has 0 bridgehead atoms. The fraction of sp³-hybridized carbons (Fsp3) is 0.136. The molecule has 4 heterocycles. The van der Waals surface area contributed by atoms with E-state index in [9.17, 15) is 0 Å². The number of hydrogen-bond acceptors (Lipinski definition) is 8. The van der Waals surface area contributed by atoms with E-state index in [2.05, 4.69) is 373 Å². The third-order valence-corrected chi connectivity index (χ3v) is 29.6.